The van der Waals surface area contributed by atoms with Crippen molar-refractivity contribution >= 4 is 9.84 Å². The van der Waals surface area contributed by atoms with Gasteiger partial charge in [0, 0.05) is 13.1 Å². The highest BCUT2D eigenvalue weighted by molar-refractivity contribution is 7.91. The number of aliphatic hydroxyl groups is 2. The van der Waals surface area contributed by atoms with Crippen LogP contribution in [0.2, 0.25) is 0 Å². The van der Waals surface area contributed by atoms with Crippen molar-refractivity contribution in [3.8, 4) is 0 Å². The molecule has 0 unspecified atom stereocenters. The maximum absolute atomic E-state index is 11.0. The van der Waals surface area contributed by atoms with Gasteiger partial charge in [-0.1, -0.05) is 7.11 Å². The van der Waals surface area contributed by atoms with E-state index in [9.17, 15) is 8.42 Å². The van der Waals surface area contributed by atoms with E-state index in [0.717, 1.165) is 6.54 Å². The van der Waals surface area contributed by atoms with Gasteiger partial charge in [0.05, 0.1) is 18.1 Å². The molecule has 0 aromatic carbocycles. The highest BCUT2D eigenvalue weighted by atomic mass is 32.2. The molecular formula is C7H15NO3S. The fourth-order valence-corrected chi connectivity index (χ4v) is 2.46. The van der Waals surface area contributed by atoms with Gasteiger partial charge >= 0.3 is 0 Å². The second-order valence-electron chi connectivity index (χ2n) is 2.94. The van der Waals surface area contributed by atoms with Crippen molar-refractivity contribution in [3.63, 3.8) is 0 Å². The lowest BCUT2D eigenvalue weighted by atomic mass is 10.5. The molecule has 72 valence electrons. The SMILES string of the molecule is [CH2-][OH+]CCN1CCS(=O)(=O)CC1. The van der Waals surface area contributed by atoms with Crippen LogP contribution in [-0.2, 0) is 9.84 Å². The smallest absolute Gasteiger partial charge is 0.152 e. The van der Waals surface area contributed by atoms with Gasteiger partial charge in [-0.05, 0) is 0 Å². The van der Waals surface area contributed by atoms with Gasteiger partial charge in [0.15, 0.2) is 9.84 Å². The topological polar surface area (TPSA) is 50.2 Å². The fourth-order valence-electron chi connectivity index (χ4n) is 1.19. The Morgan fingerprint density at radius 1 is 1.33 bits per heavy atom. The summed E-state index contributed by atoms with van der Waals surface area (Å²) in [6.45, 7) is 2.83. The van der Waals surface area contributed by atoms with Crippen LogP contribution in [0.5, 0.6) is 0 Å². The van der Waals surface area contributed by atoms with Crippen molar-refractivity contribution in [2.45, 2.75) is 0 Å². The van der Waals surface area contributed by atoms with Gasteiger partial charge < -0.3 is 4.74 Å². The fraction of sp³-hybridized carbons (Fsp3) is 0.857. The first kappa shape index (κ1) is 9.95. The molecular weight excluding hydrogens is 178 g/mol. The molecule has 1 aliphatic heterocycles. The predicted molar refractivity (Wildman–Crippen MR) is 47.5 cm³/mol. The van der Waals surface area contributed by atoms with E-state index in [0.29, 0.717) is 31.2 Å². The molecule has 5 heteroatoms. The predicted octanol–water partition coefficient (Wildman–Crippen LogP) is -0.964. The third-order valence-corrected chi connectivity index (χ3v) is 3.62. The number of hydrogen-bond donors (Lipinski definition) is 0. The molecule has 4 nitrogen and oxygen atoms in total. The quantitative estimate of drug-likeness (QED) is 0.428. The number of ether oxygens (including phenoxy) is 1. The maximum Gasteiger partial charge on any atom is 0.152 e. The summed E-state index contributed by atoms with van der Waals surface area (Å²) in [6, 6.07) is 0. The molecule has 0 amide bonds. The van der Waals surface area contributed by atoms with Crippen LogP contribution in [0, 0.1) is 7.11 Å². The van der Waals surface area contributed by atoms with Crippen molar-refractivity contribution in [3.05, 3.63) is 7.11 Å². The molecule has 0 radical (unpaired) electrons. The van der Waals surface area contributed by atoms with E-state index < -0.39 is 9.84 Å². The van der Waals surface area contributed by atoms with Crippen LogP contribution < -0.4 is 0 Å². The zero-order chi connectivity index (χ0) is 9.03. The molecule has 0 aromatic heterocycles. The summed E-state index contributed by atoms with van der Waals surface area (Å²) in [5.74, 6) is 0.592. The Morgan fingerprint density at radius 3 is 2.42 bits per heavy atom. The maximum atomic E-state index is 11.0. The Labute approximate surface area is 73.4 Å². The largest absolute Gasteiger partial charge is 0.581 e. The van der Waals surface area contributed by atoms with E-state index in [1.165, 1.54) is 0 Å². The Hall–Kier alpha value is -0.130. The van der Waals surface area contributed by atoms with E-state index in [1.54, 1.807) is 0 Å². The molecule has 0 atom stereocenters. The van der Waals surface area contributed by atoms with Crippen LogP contribution in [0.3, 0.4) is 0 Å². The summed E-state index contributed by atoms with van der Waals surface area (Å²) >= 11 is 0. The number of hydrogen-bond acceptors (Lipinski definition) is 3. The molecule has 0 aromatic rings. The van der Waals surface area contributed by atoms with Gasteiger partial charge in [0.25, 0.3) is 0 Å². The second kappa shape index (κ2) is 4.20. The van der Waals surface area contributed by atoms with Crippen molar-refractivity contribution in [1.82, 2.24) is 4.90 Å². The summed E-state index contributed by atoms with van der Waals surface area (Å²) in [4.78, 5) is 2.11. The minimum atomic E-state index is -2.73. The van der Waals surface area contributed by atoms with Gasteiger partial charge in [-0.25, -0.2) is 8.42 Å². The van der Waals surface area contributed by atoms with Crippen LogP contribution in [0.4, 0.5) is 0 Å². The first-order chi connectivity index (χ1) is 5.64. The van der Waals surface area contributed by atoms with E-state index in [-0.39, 0.29) is 0 Å². The lowest BCUT2D eigenvalue weighted by molar-refractivity contribution is 0.0377. The first-order valence-corrected chi connectivity index (χ1v) is 5.81. The lowest BCUT2D eigenvalue weighted by Gasteiger charge is -2.25. The van der Waals surface area contributed by atoms with Crippen molar-refractivity contribution in [2.75, 3.05) is 37.7 Å². The highest BCUT2D eigenvalue weighted by Crippen LogP contribution is 2.02. The van der Waals surface area contributed by atoms with Gasteiger partial charge in [0.2, 0.25) is 0 Å². The van der Waals surface area contributed by atoms with E-state index in [2.05, 4.69) is 16.7 Å². The standard InChI is InChI=1S/C7H15NO3S/c1-11-5-2-8-3-6-12(9,10)7-4-8/h11H,1-7H2. The average Bonchev–Trinajstić information content (AvgIpc) is 2.03. The number of sulfone groups is 1. The van der Waals surface area contributed by atoms with Gasteiger partial charge in [0.1, 0.15) is 6.61 Å². The molecule has 1 N–H and O–H groups in total. The molecule has 1 rings (SSSR count). The van der Waals surface area contributed by atoms with E-state index in [4.69, 9.17) is 0 Å². The summed E-state index contributed by atoms with van der Waals surface area (Å²) in [5.41, 5.74) is 0. The third kappa shape index (κ3) is 3.08. The second-order valence-corrected chi connectivity index (χ2v) is 5.24. The van der Waals surface area contributed by atoms with Crippen LogP contribution in [0.1, 0.15) is 0 Å². The summed E-state index contributed by atoms with van der Waals surface area (Å²) in [7, 11) is 0.650. The Balaban J connectivity index is 2.27. The van der Waals surface area contributed by atoms with Crippen molar-refractivity contribution in [2.24, 2.45) is 0 Å². The van der Waals surface area contributed by atoms with Gasteiger partial charge in [-0.3, -0.25) is 4.90 Å². The molecule has 0 bridgehead atoms. The molecule has 0 aliphatic carbocycles. The molecule has 1 saturated heterocycles. The molecule has 1 heterocycles. The van der Waals surface area contributed by atoms with Gasteiger partial charge in [-0.15, -0.1) is 0 Å². The molecule has 0 saturated carbocycles. The Morgan fingerprint density at radius 2 is 1.92 bits per heavy atom. The summed E-state index contributed by atoms with van der Waals surface area (Å²) in [6.07, 6.45) is 0. The average molecular weight is 193 g/mol. The number of rotatable bonds is 3. The minimum Gasteiger partial charge on any atom is -0.581 e. The minimum absolute atomic E-state index is 0.296. The zero-order valence-corrected chi connectivity index (χ0v) is 7.89. The van der Waals surface area contributed by atoms with Crippen LogP contribution in [0.25, 0.3) is 0 Å². The molecule has 1 aliphatic rings. The molecule has 12 heavy (non-hydrogen) atoms. The van der Waals surface area contributed by atoms with Crippen LogP contribution >= 0.6 is 0 Å². The third-order valence-electron chi connectivity index (χ3n) is 2.01. The molecule has 1 fully saturated rings. The molecule has 0 spiro atoms. The normalized spacial score (nSPS) is 24.1. The van der Waals surface area contributed by atoms with Crippen LogP contribution in [0.15, 0.2) is 0 Å². The zero-order valence-electron chi connectivity index (χ0n) is 7.07. The highest BCUT2D eigenvalue weighted by Gasteiger charge is 2.20. The van der Waals surface area contributed by atoms with Gasteiger partial charge in [-0.2, -0.15) is 0 Å². The van der Waals surface area contributed by atoms with E-state index >= 15 is 0 Å². The Kier molecular flexibility index (Phi) is 3.49. The van der Waals surface area contributed by atoms with Crippen molar-refractivity contribution < 1.29 is 13.2 Å². The van der Waals surface area contributed by atoms with E-state index in [1.807, 2.05) is 0 Å². The van der Waals surface area contributed by atoms with Crippen molar-refractivity contribution in [1.29, 1.82) is 0 Å². The monoisotopic (exact) mass is 193 g/mol. The number of nitrogens with zero attached hydrogens (tertiary/aromatic N) is 1. The lowest BCUT2D eigenvalue weighted by Crippen LogP contribution is -2.41. The Bertz CT molecular complexity index is 211. The first-order valence-electron chi connectivity index (χ1n) is 3.99. The summed E-state index contributed by atoms with van der Waals surface area (Å²) in [5, 5.41) is 0. The van der Waals surface area contributed by atoms with Crippen LogP contribution in [-0.4, -0.2) is 55.8 Å². The summed E-state index contributed by atoms with van der Waals surface area (Å²) < 4.78 is 25.7.